The lowest BCUT2D eigenvalue weighted by atomic mass is 9.93. The third-order valence-electron chi connectivity index (χ3n) is 5.14. The molecule has 3 heteroatoms. The summed E-state index contributed by atoms with van der Waals surface area (Å²) in [5.74, 6) is 0.525. The van der Waals surface area contributed by atoms with Crippen LogP contribution in [0.1, 0.15) is 57.4 Å². The minimum atomic E-state index is -0.228. The van der Waals surface area contributed by atoms with E-state index in [2.05, 4.69) is 6.92 Å². The van der Waals surface area contributed by atoms with Gasteiger partial charge in [0.05, 0.1) is 0 Å². The highest BCUT2D eigenvalue weighted by Crippen LogP contribution is 2.36. The van der Waals surface area contributed by atoms with Crippen LogP contribution in [0, 0.1) is 11.7 Å². The van der Waals surface area contributed by atoms with Crippen LogP contribution in [0.25, 0.3) is 0 Å². The standard InChI is InChI=1S/C20H26FNO/c1-15(17-9-10-17)13-20(23)22(19-5-3-2-4-6-19)14-16-7-11-18(21)12-8-16/h7-8,11-13,17,19H,2-6,9-10,14H2,1H3/b15-13-. The van der Waals surface area contributed by atoms with Crippen LogP contribution in [0.15, 0.2) is 35.9 Å². The summed E-state index contributed by atoms with van der Waals surface area (Å²) in [6.07, 6.45) is 10.1. The first-order chi connectivity index (χ1) is 11.1. The second-order valence-electron chi connectivity index (χ2n) is 7.05. The monoisotopic (exact) mass is 315 g/mol. The van der Waals surface area contributed by atoms with Crippen molar-refractivity contribution in [3.05, 3.63) is 47.3 Å². The zero-order valence-electron chi connectivity index (χ0n) is 13.9. The van der Waals surface area contributed by atoms with Gasteiger partial charge in [0, 0.05) is 18.7 Å². The van der Waals surface area contributed by atoms with Crippen molar-refractivity contribution >= 4 is 5.91 Å². The highest BCUT2D eigenvalue weighted by atomic mass is 19.1. The molecule has 0 unspecified atom stereocenters. The van der Waals surface area contributed by atoms with E-state index in [1.54, 1.807) is 12.1 Å². The number of carbonyl (C=O) groups excluding carboxylic acids is 1. The summed E-state index contributed by atoms with van der Waals surface area (Å²) in [4.78, 5) is 14.8. The Morgan fingerprint density at radius 3 is 2.39 bits per heavy atom. The number of allylic oxidation sites excluding steroid dienone is 1. The summed E-state index contributed by atoms with van der Waals surface area (Å²) in [7, 11) is 0. The molecule has 0 aliphatic heterocycles. The number of hydrogen-bond donors (Lipinski definition) is 0. The van der Waals surface area contributed by atoms with E-state index in [1.807, 2.05) is 11.0 Å². The Labute approximate surface area is 138 Å². The SMILES string of the molecule is C/C(=C/C(=O)N(Cc1ccc(F)cc1)C1CCCCC1)C1CC1. The molecule has 23 heavy (non-hydrogen) atoms. The number of carbonyl (C=O) groups is 1. The molecule has 0 N–H and O–H groups in total. The van der Waals surface area contributed by atoms with Crippen LogP contribution < -0.4 is 0 Å². The maximum absolute atomic E-state index is 13.1. The third kappa shape index (κ3) is 4.43. The fraction of sp³-hybridized carbons (Fsp3) is 0.550. The van der Waals surface area contributed by atoms with Crippen molar-refractivity contribution in [2.75, 3.05) is 0 Å². The molecule has 2 aliphatic rings. The molecule has 1 amide bonds. The lowest BCUT2D eigenvalue weighted by Crippen LogP contribution is -2.40. The molecule has 3 rings (SSSR count). The van der Waals surface area contributed by atoms with Gasteiger partial charge in [0.1, 0.15) is 5.82 Å². The van der Waals surface area contributed by atoms with Gasteiger partial charge in [-0.25, -0.2) is 4.39 Å². The molecule has 0 aromatic heterocycles. The van der Waals surface area contributed by atoms with Gasteiger partial charge in [0.15, 0.2) is 0 Å². The minimum absolute atomic E-state index is 0.130. The summed E-state index contributed by atoms with van der Waals surface area (Å²) < 4.78 is 13.1. The Morgan fingerprint density at radius 2 is 1.78 bits per heavy atom. The van der Waals surface area contributed by atoms with E-state index in [4.69, 9.17) is 0 Å². The van der Waals surface area contributed by atoms with Gasteiger partial charge in [0.2, 0.25) is 5.91 Å². The highest BCUT2D eigenvalue weighted by Gasteiger charge is 2.27. The second-order valence-corrected chi connectivity index (χ2v) is 7.05. The van der Waals surface area contributed by atoms with Crippen LogP contribution in [0.5, 0.6) is 0 Å². The molecule has 1 aromatic carbocycles. The number of amides is 1. The topological polar surface area (TPSA) is 20.3 Å². The first-order valence-corrected chi connectivity index (χ1v) is 8.87. The van der Waals surface area contributed by atoms with E-state index in [9.17, 15) is 9.18 Å². The third-order valence-corrected chi connectivity index (χ3v) is 5.14. The van der Waals surface area contributed by atoms with Gasteiger partial charge in [-0.05, 0) is 56.2 Å². The van der Waals surface area contributed by atoms with Gasteiger partial charge in [-0.15, -0.1) is 0 Å². The Bertz CT molecular complexity index is 568. The van der Waals surface area contributed by atoms with Crippen molar-refractivity contribution in [1.29, 1.82) is 0 Å². The zero-order valence-corrected chi connectivity index (χ0v) is 13.9. The maximum Gasteiger partial charge on any atom is 0.247 e. The predicted octanol–water partition coefficient (Wildman–Crippen LogP) is 4.84. The first kappa shape index (κ1) is 16.2. The second kappa shape index (κ2) is 7.29. The fourth-order valence-corrected chi connectivity index (χ4v) is 3.50. The van der Waals surface area contributed by atoms with Gasteiger partial charge < -0.3 is 4.90 Å². The molecule has 2 fully saturated rings. The number of rotatable bonds is 5. The number of benzene rings is 1. The van der Waals surface area contributed by atoms with Crippen LogP contribution in [0.2, 0.25) is 0 Å². The van der Waals surface area contributed by atoms with Gasteiger partial charge in [-0.2, -0.15) is 0 Å². The average Bonchev–Trinajstić information content (AvgIpc) is 3.40. The van der Waals surface area contributed by atoms with Gasteiger partial charge >= 0.3 is 0 Å². The molecular weight excluding hydrogens is 289 g/mol. The quantitative estimate of drug-likeness (QED) is 0.712. The normalized spacial score (nSPS) is 19.7. The van der Waals surface area contributed by atoms with Crippen molar-refractivity contribution in [1.82, 2.24) is 4.90 Å². The van der Waals surface area contributed by atoms with Crippen LogP contribution in [0.3, 0.4) is 0 Å². The molecule has 0 atom stereocenters. The van der Waals surface area contributed by atoms with Crippen LogP contribution in [-0.4, -0.2) is 16.8 Å². The molecule has 0 spiro atoms. The lowest BCUT2D eigenvalue weighted by Gasteiger charge is -2.34. The van der Waals surface area contributed by atoms with E-state index in [0.29, 0.717) is 18.5 Å². The largest absolute Gasteiger partial charge is 0.332 e. The van der Waals surface area contributed by atoms with Crippen molar-refractivity contribution in [2.45, 2.75) is 64.5 Å². The molecule has 0 heterocycles. The van der Waals surface area contributed by atoms with Crippen molar-refractivity contribution in [3.8, 4) is 0 Å². The maximum atomic E-state index is 13.1. The average molecular weight is 315 g/mol. The fourth-order valence-electron chi connectivity index (χ4n) is 3.50. The van der Waals surface area contributed by atoms with Crippen molar-refractivity contribution < 1.29 is 9.18 Å². The van der Waals surface area contributed by atoms with E-state index in [0.717, 1.165) is 18.4 Å². The summed E-state index contributed by atoms with van der Waals surface area (Å²) in [5.41, 5.74) is 2.22. The van der Waals surface area contributed by atoms with Gasteiger partial charge in [0.25, 0.3) is 0 Å². The van der Waals surface area contributed by atoms with Gasteiger partial charge in [-0.1, -0.05) is 37.0 Å². The highest BCUT2D eigenvalue weighted by molar-refractivity contribution is 5.88. The Morgan fingerprint density at radius 1 is 1.13 bits per heavy atom. The summed E-state index contributed by atoms with van der Waals surface area (Å²) in [5, 5.41) is 0. The molecule has 0 saturated heterocycles. The molecular formula is C20H26FNO. The van der Waals surface area contributed by atoms with Crippen LogP contribution >= 0.6 is 0 Å². The van der Waals surface area contributed by atoms with Crippen LogP contribution in [0.4, 0.5) is 4.39 Å². The summed E-state index contributed by atoms with van der Waals surface area (Å²) >= 11 is 0. The van der Waals surface area contributed by atoms with E-state index >= 15 is 0 Å². The first-order valence-electron chi connectivity index (χ1n) is 8.87. The molecule has 2 aliphatic carbocycles. The zero-order chi connectivity index (χ0) is 16.2. The minimum Gasteiger partial charge on any atom is -0.332 e. The predicted molar refractivity (Wildman–Crippen MR) is 90.3 cm³/mol. The molecule has 2 saturated carbocycles. The van der Waals surface area contributed by atoms with E-state index in [-0.39, 0.29) is 11.7 Å². The molecule has 2 nitrogen and oxygen atoms in total. The summed E-state index contributed by atoms with van der Waals surface area (Å²) in [6.45, 7) is 2.66. The number of halogens is 1. The van der Waals surface area contributed by atoms with Crippen LogP contribution in [-0.2, 0) is 11.3 Å². The lowest BCUT2D eigenvalue weighted by molar-refractivity contribution is -0.129. The Kier molecular flexibility index (Phi) is 5.14. The van der Waals surface area contributed by atoms with Crippen molar-refractivity contribution in [2.24, 2.45) is 5.92 Å². The number of nitrogens with zero attached hydrogens (tertiary/aromatic N) is 1. The Hall–Kier alpha value is -1.64. The molecule has 0 bridgehead atoms. The number of hydrogen-bond acceptors (Lipinski definition) is 1. The van der Waals surface area contributed by atoms with E-state index in [1.165, 1.54) is 49.8 Å². The van der Waals surface area contributed by atoms with Gasteiger partial charge in [-0.3, -0.25) is 4.79 Å². The van der Waals surface area contributed by atoms with E-state index < -0.39 is 0 Å². The smallest absolute Gasteiger partial charge is 0.247 e. The molecule has 1 aromatic rings. The molecule has 0 radical (unpaired) electrons. The summed E-state index contributed by atoms with van der Waals surface area (Å²) in [6, 6.07) is 6.85. The van der Waals surface area contributed by atoms with Crippen molar-refractivity contribution in [3.63, 3.8) is 0 Å². The molecule has 124 valence electrons. The Balaban J connectivity index is 1.75.